The largest absolute Gasteiger partial charge is 0.472 e. The number of nitrogens with zero attached hydrogens (tertiary/aromatic N) is 2. The van der Waals surface area contributed by atoms with E-state index >= 15 is 0 Å². The van der Waals surface area contributed by atoms with E-state index in [0.29, 0.717) is 12.7 Å². The van der Waals surface area contributed by atoms with Crippen LogP contribution in [0.4, 0.5) is 0 Å². The molecule has 5 nitrogen and oxygen atoms in total. The maximum absolute atomic E-state index is 5.45. The maximum atomic E-state index is 5.45. The van der Waals surface area contributed by atoms with Crippen LogP contribution in [0.1, 0.15) is 29.8 Å². The molecule has 3 aromatic rings. The monoisotopic (exact) mass is 310 g/mol. The van der Waals surface area contributed by atoms with Crippen molar-refractivity contribution >= 4 is 0 Å². The first-order chi connectivity index (χ1) is 11.3. The van der Waals surface area contributed by atoms with Crippen LogP contribution in [0.25, 0.3) is 0 Å². The van der Waals surface area contributed by atoms with Gasteiger partial charge in [-0.2, -0.15) is 0 Å². The molecule has 1 aliphatic heterocycles. The molecule has 3 heterocycles. The molecule has 0 saturated heterocycles. The summed E-state index contributed by atoms with van der Waals surface area (Å²) in [6, 6.07) is 8.10. The summed E-state index contributed by atoms with van der Waals surface area (Å²) in [6.45, 7) is 3.28. The Morgan fingerprint density at radius 3 is 2.96 bits per heavy atom. The number of rotatable bonds is 5. The molecule has 1 aliphatic rings. The van der Waals surface area contributed by atoms with Gasteiger partial charge in [0.1, 0.15) is 5.82 Å². The number of fused-ring (bicyclic) bond motifs is 1. The van der Waals surface area contributed by atoms with E-state index in [1.807, 2.05) is 24.5 Å². The summed E-state index contributed by atoms with van der Waals surface area (Å²) < 4.78 is 18.1. The van der Waals surface area contributed by atoms with Crippen molar-refractivity contribution in [3.05, 3.63) is 66.1 Å². The minimum absolute atomic E-state index is 0.303. The van der Waals surface area contributed by atoms with Crippen molar-refractivity contribution in [3.8, 4) is 11.5 Å². The molecule has 0 bridgehead atoms. The Labute approximate surface area is 134 Å². The van der Waals surface area contributed by atoms with Crippen LogP contribution < -0.4 is 9.47 Å². The average molecular weight is 310 g/mol. The van der Waals surface area contributed by atoms with Gasteiger partial charge in [-0.15, -0.1) is 0 Å². The number of hydrogen-bond acceptors (Lipinski definition) is 4. The summed E-state index contributed by atoms with van der Waals surface area (Å²) in [6.07, 6.45) is 8.23. The highest BCUT2D eigenvalue weighted by atomic mass is 16.7. The SMILES string of the molecule is CC(Cc1ccc2c(c1)OCO2)c1nccn1Cc1ccoc1. The second-order valence-electron chi connectivity index (χ2n) is 5.84. The Hall–Kier alpha value is -2.69. The van der Waals surface area contributed by atoms with E-state index in [2.05, 4.69) is 28.6 Å². The zero-order valence-electron chi connectivity index (χ0n) is 12.9. The lowest BCUT2D eigenvalue weighted by atomic mass is 10.00. The Kier molecular flexibility index (Phi) is 3.54. The summed E-state index contributed by atoms with van der Waals surface area (Å²) in [4.78, 5) is 4.54. The third-order valence-corrected chi connectivity index (χ3v) is 4.10. The summed E-state index contributed by atoms with van der Waals surface area (Å²) in [5.74, 6) is 3.03. The predicted molar refractivity (Wildman–Crippen MR) is 84.7 cm³/mol. The fourth-order valence-electron chi connectivity index (χ4n) is 2.98. The molecule has 4 rings (SSSR count). The zero-order chi connectivity index (χ0) is 15.6. The molecule has 0 saturated carbocycles. The molecule has 1 atom stereocenters. The first-order valence-corrected chi connectivity index (χ1v) is 7.70. The van der Waals surface area contributed by atoms with Gasteiger partial charge in [-0.1, -0.05) is 13.0 Å². The van der Waals surface area contributed by atoms with Crippen molar-refractivity contribution in [1.29, 1.82) is 0 Å². The fraction of sp³-hybridized carbons (Fsp3) is 0.278. The second-order valence-corrected chi connectivity index (χ2v) is 5.84. The van der Waals surface area contributed by atoms with Crippen LogP contribution in [0, 0.1) is 0 Å². The van der Waals surface area contributed by atoms with Crippen LogP contribution in [-0.4, -0.2) is 16.3 Å². The molecule has 1 aromatic carbocycles. The normalized spacial score (nSPS) is 14.1. The molecular formula is C18H18N2O3. The summed E-state index contributed by atoms with van der Waals surface area (Å²) in [5.41, 5.74) is 2.36. The highest BCUT2D eigenvalue weighted by Crippen LogP contribution is 2.33. The van der Waals surface area contributed by atoms with E-state index < -0.39 is 0 Å². The summed E-state index contributed by atoms with van der Waals surface area (Å²) in [5, 5.41) is 0. The molecule has 0 aliphatic carbocycles. The van der Waals surface area contributed by atoms with E-state index in [0.717, 1.165) is 35.9 Å². The van der Waals surface area contributed by atoms with Gasteiger partial charge in [0.15, 0.2) is 11.5 Å². The molecule has 23 heavy (non-hydrogen) atoms. The maximum Gasteiger partial charge on any atom is 0.231 e. The van der Waals surface area contributed by atoms with Crippen molar-refractivity contribution in [3.63, 3.8) is 0 Å². The summed E-state index contributed by atoms with van der Waals surface area (Å²) >= 11 is 0. The first kappa shape index (κ1) is 13.9. The van der Waals surface area contributed by atoms with Crippen molar-refractivity contribution in [2.24, 2.45) is 0 Å². The predicted octanol–water partition coefficient (Wildman–Crippen LogP) is 3.60. The Morgan fingerprint density at radius 1 is 1.17 bits per heavy atom. The van der Waals surface area contributed by atoms with Gasteiger partial charge in [-0.05, 0) is 30.2 Å². The lowest BCUT2D eigenvalue weighted by Crippen LogP contribution is -2.09. The van der Waals surface area contributed by atoms with Crippen molar-refractivity contribution in [2.75, 3.05) is 6.79 Å². The number of hydrogen-bond donors (Lipinski definition) is 0. The van der Waals surface area contributed by atoms with Gasteiger partial charge in [0.05, 0.1) is 19.1 Å². The van der Waals surface area contributed by atoms with Crippen LogP contribution >= 0.6 is 0 Å². The molecule has 0 radical (unpaired) electrons. The molecule has 0 amide bonds. The van der Waals surface area contributed by atoms with Gasteiger partial charge in [0.25, 0.3) is 0 Å². The number of ether oxygens (including phenoxy) is 2. The minimum Gasteiger partial charge on any atom is -0.472 e. The van der Waals surface area contributed by atoms with E-state index in [9.17, 15) is 0 Å². The van der Waals surface area contributed by atoms with Gasteiger partial charge in [0.2, 0.25) is 6.79 Å². The molecule has 0 N–H and O–H groups in total. The van der Waals surface area contributed by atoms with E-state index in [-0.39, 0.29) is 0 Å². The molecule has 0 fully saturated rings. The van der Waals surface area contributed by atoms with Crippen LogP contribution in [-0.2, 0) is 13.0 Å². The van der Waals surface area contributed by atoms with Gasteiger partial charge in [-0.3, -0.25) is 0 Å². The fourth-order valence-corrected chi connectivity index (χ4v) is 2.98. The quantitative estimate of drug-likeness (QED) is 0.722. The van der Waals surface area contributed by atoms with Crippen LogP contribution in [0.2, 0.25) is 0 Å². The highest BCUT2D eigenvalue weighted by Gasteiger charge is 2.17. The van der Waals surface area contributed by atoms with E-state index in [1.165, 1.54) is 5.56 Å². The molecular weight excluding hydrogens is 292 g/mol. The highest BCUT2D eigenvalue weighted by molar-refractivity contribution is 5.44. The van der Waals surface area contributed by atoms with Gasteiger partial charge < -0.3 is 18.5 Å². The second kappa shape index (κ2) is 5.83. The molecule has 2 aromatic heterocycles. The van der Waals surface area contributed by atoms with Crippen molar-refractivity contribution in [2.45, 2.75) is 25.8 Å². The average Bonchev–Trinajstić information content (AvgIpc) is 3.28. The number of benzene rings is 1. The van der Waals surface area contributed by atoms with Crippen molar-refractivity contribution in [1.82, 2.24) is 9.55 Å². The molecule has 118 valence electrons. The van der Waals surface area contributed by atoms with Crippen LogP contribution in [0.5, 0.6) is 11.5 Å². The number of imidazole rings is 1. The minimum atomic E-state index is 0.303. The topological polar surface area (TPSA) is 49.4 Å². The molecule has 1 unspecified atom stereocenters. The number of aromatic nitrogens is 2. The zero-order valence-corrected chi connectivity index (χ0v) is 12.9. The standard InChI is InChI=1S/C18H18N2O3/c1-13(8-14-2-3-16-17(9-14)23-12-22-16)18-19-5-6-20(18)10-15-4-7-21-11-15/h2-7,9,11,13H,8,10,12H2,1H3. The van der Waals surface area contributed by atoms with Gasteiger partial charge in [0, 0.05) is 23.9 Å². The van der Waals surface area contributed by atoms with Gasteiger partial charge in [-0.25, -0.2) is 4.98 Å². The Balaban J connectivity index is 1.51. The van der Waals surface area contributed by atoms with Crippen molar-refractivity contribution < 1.29 is 13.9 Å². The van der Waals surface area contributed by atoms with Crippen LogP contribution in [0.3, 0.4) is 0 Å². The van der Waals surface area contributed by atoms with Gasteiger partial charge >= 0.3 is 0 Å². The van der Waals surface area contributed by atoms with E-state index in [4.69, 9.17) is 13.9 Å². The van der Waals surface area contributed by atoms with Crippen LogP contribution in [0.15, 0.2) is 53.6 Å². The Morgan fingerprint density at radius 2 is 2.09 bits per heavy atom. The first-order valence-electron chi connectivity index (χ1n) is 7.70. The van der Waals surface area contributed by atoms with E-state index in [1.54, 1.807) is 12.5 Å². The lowest BCUT2D eigenvalue weighted by Gasteiger charge is -2.14. The summed E-state index contributed by atoms with van der Waals surface area (Å²) in [7, 11) is 0. The Bertz CT molecular complexity index is 792. The third kappa shape index (κ3) is 2.82. The third-order valence-electron chi connectivity index (χ3n) is 4.10. The smallest absolute Gasteiger partial charge is 0.231 e. The lowest BCUT2D eigenvalue weighted by molar-refractivity contribution is 0.174. The molecule has 5 heteroatoms. The molecule has 0 spiro atoms. The number of furan rings is 1.